The van der Waals surface area contributed by atoms with Gasteiger partial charge in [-0.05, 0) is 31.4 Å². The van der Waals surface area contributed by atoms with Crippen molar-refractivity contribution in [3.8, 4) is 0 Å². The lowest BCUT2D eigenvalue weighted by Gasteiger charge is -2.10. The molecule has 1 saturated heterocycles. The standard InChI is InChI=1S/C13H16N2O4/c16-11(6-5-9-3-2-8-19-9)15-10-4-1-7-14-12(10)13(17)18/h1,4,7,9H,2-3,5-6,8H2,(H,15,16)(H,17,18). The second-order valence-electron chi connectivity index (χ2n) is 4.43. The Kier molecular flexibility index (Phi) is 4.46. The lowest BCUT2D eigenvalue weighted by Crippen LogP contribution is -2.17. The van der Waals surface area contributed by atoms with E-state index in [1.54, 1.807) is 6.07 Å². The van der Waals surface area contributed by atoms with E-state index in [0.717, 1.165) is 19.4 Å². The smallest absolute Gasteiger partial charge is 0.356 e. The molecular weight excluding hydrogens is 248 g/mol. The molecule has 0 aliphatic carbocycles. The molecule has 19 heavy (non-hydrogen) atoms. The Hall–Kier alpha value is -1.95. The topological polar surface area (TPSA) is 88.5 Å². The van der Waals surface area contributed by atoms with Gasteiger partial charge in [0.15, 0.2) is 5.69 Å². The number of nitrogens with one attached hydrogen (secondary N) is 1. The molecule has 0 radical (unpaired) electrons. The molecular formula is C13H16N2O4. The first-order chi connectivity index (χ1) is 9.16. The summed E-state index contributed by atoms with van der Waals surface area (Å²) in [5.74, 6) is -1.37. The van der Waals surface area contributed by atoms with Gasteiger partial charge < -0.3 is 15.2 Å². The molecule has 1 unspecified atom stereocenters. The molecule has 1 amide bonds. The molecule has 1 aromatic heterocycles. The van der Waals surface area contributed by atoms with Gasteiger partial charge in [-0.2, -0.15) is 0 Å². The zero-order valence-corrected chi connectivity index (χ0v) is 10.5. The van der Waals surface area contributed by atoms with Gasteiger partial charge in [-0.15, -0.1) is 0 Å². The number of amides is 1. The van der Waals surface area contributed by atoms with Crippen LogP contribution in [0.15, 0.2) is 18.3 Å². The molecule has 1 aliphatic rings. The van der Waals surface area contributed by atoms with Crippen LogP contribution in [0.25, 0.3) is 0 Å². The van der Waals surface area contributed by atoms with Crippen LogP contribution in [0, 0.1) is 0 Å². The molecule has 1 aliphatic heterocycles. The molecule has 0 aromatic carbocycles. The highest BCUT2D eigenvalue weighted by molar-refractivity contribution is 5.98. The summed E-state index contributed by atoms with van der Waals surface area (Å²) in [6.07, 6.45) is 4.54. The van der Waals surface area contributed by atoms with Gasteiger partial charge in [-0.1, -0.05) is 0 Å². The number of aromatic nitrogens is 1. The number of carboxylic acids is 1. The van der Waals surface area contributed by atoms with E-state index in [1.165, 1.54) is 12.3 Å². The highest BCUT2D eigenvalue weighted by Gasteiger charge is 2.18. The average Bonchev–Trinajstić information content (AvgIpc) is 2.90. The third kappa shape index (κ3) is 3.75. The van der Waals surface area contributed by atoms with E-state index in [9.17, 15) is 9.59 Å². The summed E-state index contributed by atoms with van der Waals surface area (Å²) in [4.78, 5) is 26.4. The Morgan fingerprint density at radius 3 is 3.05 bits per heavy atom. The Bertz CT molecular complexity index is 469. The molecule has 1 fully saturated rings. The minimum Gasteiger partial charge on any atom is -0.476 e. The fourth-order valence-corrected chi connectivity index (χ4v) is 2.05. The van der Waals surface area contributed by atoms with Crippen molar-refractivity contribution in [3.63, 3.8) is 0 Å². The van der Waals surface area contributed by atoms with Crippen LogP contribution in [0.1, 0.15) is 36.2 Å². The summed E-state index contributed by atoms with van der Waals surface area (Å²) in [6.45, 7) is 0.762. The quantitative estimate of drug-likeness (QED) is 0.844. The minimum absolute atomic E-state index is 0.145. The van der Waals surface area contributed by atoms with E-state index in [4.69, 9.17) is 9.84 Å². The minimum atomic E-state index is -1.16. The molecule has 6 nitrogen and oxygen atoms in total. The van der Waals surface area contributed by atoms with Crippen molar-refractivity contribution in [2.45, 2.75) is 31.8 Å². The van der Waals surface area contributed by atoms with Gasteiger partial charge in [-0.3, -0.25) is 4.79 Å². The number of hydrogen-bond donors (Lipinski definition) is 2. The maximum absolute atomic E-state index is 11.8. The van der Waals surface area contributed by atoms with Gasteiger partial charge in [0.05, 0.1) is 11.8 Å². The summed E-state index contributed by atoms with van der Waals surface area (Å²) >= 11 is 0. The van der Waals surface area contributed by atoms with Crippen molar-refractivity contribution in [3.05, 3.63) is 24.0 Å². The highest BCUT2D eigenvalue weighted by Crippen LogP contribution is 2.18. The van der Waals surface area contributed by atoms with Crippen LogP contribution < -0.4 is 5.32 Å². The average molecular weight is 264 g/mol. The largest absolute Gasteiger partial charge is 0.476 e. The number of ether oxygens (including phenoxy) is 1. The Labute approximate surface area is 110 Å². The molecule has 6 heteroatoms. The molecule has 102 valence electrons. The number of aromatic carboxylic acids is 1. The fourth-order valence-electron chi connectivity index (χ4n) is 2.05. The van der Waals surface area contributed by atoms with Crippen LogP contribution in [-0.2, 0) is 9.53 Å². The van der Waals surface area contributed by atoms with Gasteiger partial charge in [-0.25, -0.2) is 9.78 Å². The first-order valence-electron chi connectivity index (χ1n) is 6.26. The predicted molar refractivity (Wildman–Crippen MR) is 68.0 cm³/mol. The fraction of sp³-hybridized carbons (Fsp3) is 0.462. The molecule has 2 heterocycles. The number of pyridine rings is 1. The number of nitrogens with zero attached hydrogens (tertiary/aromatic N) is 1. The summed E-state index contributed by atoms with van der Waals surface area (Å²) in [5, 5.41) is 11.5. The molecule has 1 atom stereocenters. The number of carboxylic acid groups (broad SMARTS) is 1. The van der Waals surface area contributed by atoms with Gasteiger partial charge in [0.1, 0.15) is 0 Å². The zero-order chi connectivity index (χ0) is 13.7. The zero-order valence-electron chi connectivity index (χ0n) is 10.5. The van der Waals surface area contributed by atoms with E-state index >= 15 is 0 Å². The number of carbonyl (C=O) groups excluding carboxylic acids is 1. The van der Waals surface area contributed by atoms with E-state index in [-0.39, 0.29) is 23.4 Å². The maximum Gasteiger partial charge on any atom is 0.356 e. The molecule has 2 rings (SSSR count). The highest BCUT2D eigenvalue weighted by atomic mass is 16.5. The van der Waals surface area contributed by atoms with E-state index in [0.29, 0.717) is 12.8 Å². The Morgan fingerprint density at radius 1 is 1.53 bits per heavy atom. The SMILES string of the molecule is O=C(CCC1CCCO1)Nc1cccnc1C(=O)O. The third-order valence-electron chi connectivity index (χ3n) is 3.00. The molecule has 0 bridgehead atoms. The van der Waals surface area contributed by atoms with Crippen molar-refractivity contribution >= 4 is 17.6 Å². The van der Waals surface area contributed by atoms with Gasteiger partial charge in [0.2, 0.25) is 5.91 Å². The van der Waals surface area contributed by atoms with Crippen LogP contribution in [0.4, 0.5) is 5.69 Å². The van der Waals surface area contributed by atoms with Crippen molar-refractivity contribution < 1.29 is 19.4 Å². The van der Waals surface area contributed by atoms with Gasteiger partial charge in [0, 0.05) is 19.2 Å². The Morgan fingerprint density at radius 2 is 2.37 bits per heavy atom. The van der Waals surface area contributed by atoms with Crippen molar-refractivity contribution in [1.82, 2.24) is 4.98 Å². The normalized spacial score (nSPS) is 18.2. The Balaban J connectivity index is 1.89. The lowest BCUT2D eigenvalue weighted by atomic mass is 10.1. The lowest BCUT2D eigenvalue weighted by molar-refractivity contribution is -0.116. The van der Waals surface area contributed by atoms with Crippen LogP contribution in [0.3, 0.4) is 0 Å². The number of anilines is 1. The second-order valence-corrected chi connectivity index (χ2v) is 4.43. The maximum atomic E-state index is 11.8. The molecule has 2 N–H and O–H groups in total. The first kappa shape index (κ1) is 13.5. The number of carbonyl (C=O) groups is 2. The summed E-state index contributed by atoms with van der Waals surface area (Å²) in [7, 11) is 0. The van der Waals surface area contributed by atoms with Gasteiger partial charge in [0.25, 0.3) is 0 Å². The summed E-state index contributed by atoms with van der Waals surface area (Å²) in [6, 6.07) is 3.11. The summed E-state index contributed by atoms with van der Waals surface area (Å²) in [5.41, 5.74) is 0.0836. The molecule has 0 saturated carbocycles. The number of hydrogen-bond acceptors (Lipinski definition) is 4. The monoisotopic (exact) mass is 264 g/mol. The third-order valence-corrected chi connectivity index (χ3v) is 3.00. The van der Waals surface area contributed by atoms with Crippen LogP contribution >= 0.6 is 0 Å². The van der Waals surface area contributed by atoms with Crippen molar-refractivity contribution in [2.24, 2.45) is 0 Å². The van der Waals surface area contributed by atoms with E-state index in [1.807, 2.05) is 0 Å². The van der Waals surface area contributed by atoms with Crippen LogP contribution in [-0.4, -0.2) is 34.7 Å². The summed E-state index contributed by atoms with van der Waals surface area (Å²) < 4.78 is 5.43. The van der Waals surface area contributed by atoms with Crippen LogP contribution in [0.5, 0.6) is 0 Å². The second kappa shape index (κ2) is 6.29. The molecule has 0 spiro atoms. The van der Waals surface area contributed by atoms with Gasteiger partial charge >= 0.3 is 5.97 Å². The van der Waals surface area contributed by atoms with Crippen LogP contribution in [0.2, 0.25) is 0 Å². The van der Waals surface area contributed by atoms with E-state index < -0.39 is 5.97 Å². The predicted octanol–water partition coefficient (Wildman–Crippen LogP) is 1.68. The first-order valence-corrected chi connectivity index (χ1v) is 6.26. The van der Waals surface area contributed by atoms with Crippen molar-refractivity contribution in [2.75, 3.05) is 11.9 Å². The van der Waals surface area contributed by atoms with E-state index in [2.05, 4.69) is 10.3 Å². The number of rotatable bonds is 5. The molecule has 1 aromatic rings. The van der Waals surface area contributed by atoms with Crippen molar-refractivity contribution in [1.29, 1.82) is 0 Å².